The molecule has 24 heavy (non-hydrogen) atoms. The maximum atomic E-state index is 11.6. The molecule has 1 saturated heterocycles. The minimum absolute atomic E-state index is 0.0351. The van der Waals surface area contributed by atoms with Gasteiger partial charge in [-0.3, -0.25) is 4.90 Å². The molecule has 2 aromatic rings. The normalized spacial score (nSPS) is 15.7. The molecule has 8 heteroatoms. The van der Waals surface area contributed by atoms with Crippen LogP contribution in [0.2, 0.25) is 0 Å². The van der Waals surface area contributed by atoms with Crippen molar-refractivity contribution in [3.8, 4) is 5.69 Å². The van der Waals surface area contributed by atoms with E-state index < -0.39 is 5.97 Å². The smallest absolute Gasteiger partial charge is 0.360 e. The Hall–Kier alpha value is -2.45. The molecule has 1 aliphatic heterocycles. The van der Waals surface area contributed by atoms with Gasteiger partial charge in [-0.25, -0.2) is 4.79 Å². The fourth-order valence-corrected chi connectivity index (χ4v) is 2.84. The Labute approximate surface area is 139 Å². The van der Waals surface area contributed by atoms with Gasteiger partial charge in [-0.05, 0) is 24.6 Å². The number of hydrogen-bond donors (Lipinski definition) is 2. The summed E-state index contributed by atoms with van der Waals surface area (Å²) in [6.45, 7) is 5.57. The van der Waals surface area contributed by atoms with E-state index in [1.54, 1.807) is 0 Å². The zero-order valence-corrected chi connectivity index (χ0v) is 13.6. The van der Waals surface area contributed by atoms with Crippen molar-refractivity contribution in [2.24, 2.45) is 0 Å². The van der Waals surface area contributed by atoms with Crippen LogP contribution in [0.15, 0.2) is 24.3 Å². The second kappa shape index (κ2) is 6.98. The summed E-state index contributed by atoms with van der Waals surface area (Å²) < 4.78 is 0. The first-order valence-corrected chi connectivity index (χ1v) is 7.94. The Bertz CT molecular complexity index is 722. The zero-order valence-electron chi connectivity index (χ0n) is 13.6. The fourth-order valence-electron chi connectivity index (χ4n) is 2.84. The van der Waals surface area contributed by atoms with Crippen LogP contribution < -0.4 is 4.90 Å². The topological polar surface area (TPSA) is 94.7 Å². The van der Waals surface area contributed by atoms with Crippen LogP contribution in [0.3, 0.4) is 0 Å². The van der Waals surface area contributed by atoms with Crippen LogP contribution in [0.5, 0.6) is 0 Å². The average molecular weight is 331 g/mol. The van der Waals surface area contributed by atoms with Crippen LogP contribution in [0.1, 0.15) is 16.1 Å². The first kappa shape index (κ1) is 16.4. The number of hydrogen-bond acceptors (Lipinski definition) is 6. The largest absolute Gasteiger partial charge is 0.476 e. The highest BCUT2D eigenvalue weighted by atomic mass is 16.4. The summed E-state index contributed by atoms with van der Waals surface area (Å²) in [6, 6.07) is 7.62. The number of aromatic carboxylic acids is 1. The molecule has 1 aliphatic rings. The van der Waals surface area contributed by atoms with E-state index in [0.29, 0.717) is 25.5 Å². The average Bonchev–Trinajstić information content (AvgIpc) is 3.01. The number of benzene rings is 1. The Morgan fingerprint density at radius 1 is 1.21 bits per heavy atom. The fraction of sp³-hybridized carbons (Fsp3) is 0.438. The van der Waals surface area contributed by atoms with Gasteiger partial charge in [-0.2, -0.15) is 0 Å². The van der Waals surface area contributed by atoms with Crippen LogP contribution in [0.25, 0.3) is 5.69 Å². The van der Waals surface area contributed by atoms with E-state index in [1.807, 2.05) is 36.1 Å². The molecule has 1 aromatic heterocycles. The van der Waals surface area contributed by atoms with Crippen LogP contribution in [-0.4, -0.2) is 75.4 Å². The molecule has 0 saturated carbocycles. The predicted octanol–water partition coefficient (Wildman–Crippen LogP) is 0.388. The van der Waals surface area contributed by atoms with Crippen molar-refractivity contribution in [3.63, 3.8) is 0 Å². The summed E-state index contributed by atoms with van der Waals surface area (Å²) in [5.74, 6) is -0.686. The number of carbonyl (C=O) groups is 1. The van der Waals surface area contributed by atoms with Crippen LogP contribution in [0, 0.1) is 6.92 Å². The summed E-state index contributed by atoms with van der Waals surface area (Å²) >= 11 is 0. The quantitative estimate of drug-likeness (QED) is 0.818. The van der Waals surface area contributed by atoms with E-state index in [1.165, 1.54) is 4.80 Å². The minimum atomic E-state index is -1.08. The zero-order chi connectivity index (χ0) is 17.1. The monoisotopic (exact) mass is 331 g/mol. The first-order chi connectivity index (χ1) is 11.6. The van der Waals surface area contributed by atoms with Gasteiger partial charge < -0.3 is 15.1 Å². The number of piperazine rings is 1. The highest BCUT2D eigenvalue weighted by Crippen LogP contribution is 2.20. The molecule has 0 atom stereocenters. The Balaban J connectivity index is 1.86. The number of anilines is 1. The Morgan fingerprint density at radius 3 is 2.58 bits per heavy atom. The third kappa shape index (κ3) is 3.39. The van der Waals surface area contributed by atoms with Gasteiger partial charge in [0.15, 0.2) is 5.82 Å². The molecule has 0 aliphatic carbocycles. The molecule has 0 bridgehead atoms. The van der Waals surface area contributed by atoms with Crippen molar-refractivity contribution in [2.45, 2.75) is 6.92 Å². The van der Waals surface area contributed by atoms with Gasteiger partial charge >= 0.3 is 5.97 Å². The molecule has 0 amide bonds. The summed E-state index contributed by atoms with van der Waals surface area (Å²) in [7, 11) is 0. The van der Waals surface area contributed by atoms with E-state index in [9.17, 15) is 9.90 Å². The van der Waals surface area contributed by atoms with Gasteiger partial charge in [0, 0.05) is 32.7 Å². The Morgan fingerprint density at radius 2 is 1.96 bits per heavy atom. The lowest BCUT2D eigenvalue weighted by molar-refractivity contribution is 0.0690. The molecule has 0 spiro atoms. The number of aryl methyl sites for hydroxylation is 1. The van der Waals surface area contributed by atoms with Crippen molar-refractivity contribution in [3.05, 3.63) is 35.5 Å². The molecule has 2 N–H and O–H groups in total. The SMILES string of the molecule is Cc1cccc(-n2nc(C(=O)O)c(N3CCN(CCO)CC3)n2)c1. The van der Waals surface area contributed by atoms with E-state index in [-0.39, 0.29) is 12.3 Å². The predicted molar refractivity (Wildman–Crippen MR) is 88.8 cm³/mol. The van der Waals surface area contributed by atoms with Crippen molar-refractivity contribution >= 4 is 11.8 Å². The van der Waals surface area contributed by atoms with Gasteiger partial charge in [-0.1, -0.05) is 12.1 Å². The van der Waals surface area contributed by atoms with E-state index in [4.69, 9.17) is 5.11 Å². The van der Waals surface area contributed by atoms with Gasteiger partial charge in [-0.15, -0.1) is 15.0 Å². The minimum Gasteiger partial charge on any atom is -0.476 e. The first-order valence-electron chi connectivity index (χ1n) is 7.94. The number of aliphatic hydroxyl groups is 1. The second-order valence-corrected chi connectivity index (χ2v) is 5.86. The highest BCUT2D eigenvalue weighted by molar-refractivity contribution is 5.91. The molecular weight excluding hydrogens is 310 g/mol. The van der Waals surface area contributed by atoms with Crippen LogP contribution in [0.4, 0.5) is 5.82 Å². The summed E-state index contributed by atoms with van der Waals surface area (Å²) in [4.78, 5) is 17.0. The number of nitrogens with zero attached hydrogens (tertiary/aromatic N) is 5. The third-order valence-corrected chi connectivity index (χ3v) is 4.12. The van der Waals surface area contributed by atoms with Gasteiger partial charge in [0.2, 0.25) is 5.69 Å². The second-order valence-electron chi connectivity index (χ2n) is 5.86. The molecule has 3 rings (SSSR count). The molecule has 128 valence electrons. The molecule has 2 heterocycles. The summed E-state index contributed by atoms with van der Waals surface area (Å²) in [5, 5.41) is 27.1. The van der Waals surface area contributed by atoms with E-state index in [0.717, 1.165) is 24.3 Å². The number of aromatic nitrogens is 3. The highest BCUT2D eigenvalue weighted by Gasteiger charge is 2.26. The van der Waals surface area contributed by atoms with Crippen LogP contribution in [-0.2, 0) is 0 Å². The molecule has 0 unspecified atom stereocenters. The molecule has 1 aromatic carbocycles. The van der Waals surface area contributed by atoms with Crippen molar-refractivity contribution < 1.29 is 15.0 Å². The van der Waals surface area contributed by atoms with Crippen molar-refractivity contribution in [2.75, 3.05) is 44.2 Å². The lowest BCUT2D eigenvalue weighted by Gasteiger charge is -2.34. The number of rotatable bonds is 5. The lowest BCUT2D eigenvalue weighted by Crippen LogP contribution is -2.47. The number of carboxylic acids is 1. The van der Waals surface area contributed by atoms with E-state index in [2.05, 4.69) is 15.1 Å². The van der Waals surface area contributed by atoms with Gasteiger partial charge in [0.05, 0.1) is 12.3 Å². The maximum Gasteiger partial charge on any atom is 0.360 e. The molecule has 8 nitrogen and oxygen atoms in total. The molecule has 1 fully saturated rings. The molecular formula is C16H21N5O3. The van der Waals surface area contributed by atoms with Gasteiger partial charge in [0.1, 0.15) is 0 Å². The van der Waals surface area contributed by atoms with Gasteiger partial charge in [0.25, 0.3) is 0 Å². The van der Waals surface area contributed by atoms with Crippen molar-refractivity contribution in [1.29, 1.82) is 0 Å². The maximum absolute atomic E-state index is 11.6. The van der Waals surface area contributed by atoms with Crippen molar-refractivity contribution in [1.82, 2.24) is 19.9 Å². The summed E-state index contributed by atoms with van der Waals surface area (Å²) in [5.41, 5.74) is 1.76. The number of β-amino-alcohol motifs (C(OH)–C–C–N with tert-alkyl or cyclic N) is 1. The van der Waals surface area contributed by atoms with E-state index >= 15 is 0 Å². The third-order valence-electron chi connectivity index (χ3n) is 4.12. The standard InChI is InChI=1S/C16H21N5O3/c1-12-3-2-4-13(11-12)21-17-14(16(23)24)15(18-21)20-7-5-19(6-8-20)9-10-22/h2-4,11,22H,5-10H2,1H3,(H,23,24). The van der Waals surface area contributed by atoms with Crippen LogP contribution >= 0.6 is 0 Å². The number of carboxylic acid groups (broad SMARTS) is 1. The molecule has 0 radical (unpaired) electrons. The summed E-state index contributed by atoms with van der Waals surface area (Å²) in [6.07, 6.45) is 0. The Kier molecular flexibility index (Phi) is 4.77. The number of aliphatic hydroxyl groups excluding tert-OH is 1. The lowest BCUT2D eigenvalue weighted by atomic mass is 10.2.